The molecule has 104 valence electrons. The zero-order chi connectivity index (χ0) is 13.2. The number of nitrogens with one attached hydrogen (secondary N) is 1. The average molecular weight is 262 g/mol. The lowest BCUT2D eigenvalue weighted by atomic mass is 10.2. The molecule has 4 nitrogen and oxygen atoms in total. The molecule has 1 aliphatic carbocycles. The third-order valence-corrected chi connectivity index (χ3v) is 4.02. The molecule has 0 bridgehead atoms. The number of nitrogens with zero attached hydrogens (tertiary/aromatic N) is 1. The number of ether oxygens (including phenoxy) is 2. The first-order valence-corrected chi connectivity index (χ1v) is 7.05. The van der Waals surface area contributed by atoms with E-state index in [2.05, 4.69) is 36.3 Å². The van der Waals surface area contributed by atoms with E-state index in [4.69, 9.17) is 9.47 Å². The Labute approximate surface area is 114 Å². The first-order chi connectivity index (χ1) is 9.24. The second-order valence-corrected chi connectivity index (χ2v) is 5.56. The van der Waals surface area contributed by atoms with Crippen molar-refractivity contribution in [3.05, 3.63) is 23.8 Å². The maximum atomic E-state index is 5.39. The molecule has 1 saturated carbocycles. The molecule has 3 rings (SSSR count). The molecule has 2 aliphatic rings. The van der Waals surface area contributed by atoms with Crippen LogP contribution < -0.4 is 14.8 Å². The zero-order valence-corrected chi connectivity index (χ0v) is 11.7. The Bertz CT molecular complexity index is 446. The molecule has 1 aromatic rings. The Hall–Kier alpha value is -1.26. The van der Waals surface area contributed by atoms with Crippen LogP contribution in [0.15, 0.2) is 18.2 Å². The fourth-order valence-electron chi connectivity index (χ4n) is 2.46. The molecule has 1 aromatic carbocycles. The summed E-state index contributed by atoms with van der Waals surface area (Å²) in [5.41, 5.74) is 1.24. The molecule has 1 heterocycles. The summed E-state index contributed by atoms with van der Waals surface area (Å²) in [4.78, 5) is 2.48. The van der Waals surface area contributed by atoms with Gasteiger partial charge in [0.1, 0.15) is 0 Å². The van der Waals surface area contributed by atoms with Gasteiger partial charge in [-0.1, -0.05) is 6.07 Å². The van der Waals surface area contributed by atoms with Gasteiger partial charge >= 0.3 is 0 Å². The summed E-state index contributed by atoms with van der Waals surface area (Å²) in [5, 5.41) is 3.52. The SMILES string of the molecule is CC(CNCc1ccc2c(c1)OCO2)N(C)C1CC1. The third kappa shape index (κ3) is 3.01. The van der Waals surface area contributed by atoms with Gasteiger partial charge < -0.3 is 14.8 Å². The molecule has 0 aromatic heterocycles. The Morgan fingerprint density at radius 1 is 1.32 bits per heavy atom. The van der Waals surface area contributed by atoms with Gasteiger partial charge in [0, 0.05) is 25.2 Å². The van der Waals surface area contributed by atoms with Gasteiger partial charge in [-0.05, 0) is 44.5 Å². The number of benzene rings is 1. The number of hydrogen-bond donors (Lipinski definition) is 1. The van der Waals surface area contributed by atoms with Crippen molar-refractivity contribution in [2.45, 2.75) is 38.4 Å². The van der Waals surface area contributed by atoms with Crippen molar-refractivity contribution in [2.75, 3.05) is 20.4 Å². The molecule has 0 radical (unpaired) electrons. The first-order valence-electron chi connectivity index (χ1n) is 7.05. The number of rotatable bonds is 6. The highest BCUT2D eigenvalue weighted by Crippen LogP contribution is 2.32. The summed E-state index contributed by atoms with van der Waals surface area (Å²) in [6, 6.07) is 7.54. The van der Waals surface area contributed by atoms with Crippen molar-refractivity contribution in [3.8, 4) is 11.5 Å². The summed E-state index contributed by atoms with van der Waals surface area (Å²) in [6.45, 7) is 4.52. The molecule has 0 spiro atoms. The van der Waals surface area contributed by atoms with Crippen LogP contribution in [-0.4, -0.2) is 37.4 Å². The van der Waals surface area contributed by atoms with E-state index < -0.39 is 0 Å². The average Bonchev–Trinajstić information content (AvgIpc) is 3.16. The lowest BCUT2D eigenvalue weighted by Crippen LogP contribution is -2.38. The maximum absolute atomic E-state index is 5.39. The molecule has 0 amide bonds. The lowest BCUT2D eigenvalue weighted by Gasteiger charge is -2.24. The molecule has 1 atom stereocenters. The van der Waals surface area contributed by atoms with E-state index in [0.717, 1.165) is 30.6 Å². The lowest BCUT2D eigenvalue weighted by molar-refractivity contribution is 0.174. The summed E-state index contributed by atoms with van der Waals surface area (Å²) < 4.78 is 10.7. The van der Waals surface area contributed by atoms with Crippen LogP contribution in [0.2, 0.25) is 0 Å². The van der Waals surface area contributed by atoms with Gasteiger partial charge in [0.05, 0.1) is 0 Å². The molecule has 4 heteroatoms. The summed E-state index contributed by atoms with van der Waals surface area (Å²) in [6.07, 6.45) is 2.73. The predicted molar refractivity (Wildman–Crippen MR) is 74.5 cm³/mol. The highest BCUT2D eigenvalue weighted by molar-refractivity contribution is 5.44. The molecular weight excluding hydrogens is 240 g/mol. The van der Waals surface area contributed by atoms with E-state index in [9.17, 15) is 0 Å². The highest BCUT2D eigenvalue weighted by atomic mass is 16.7. The van der Waals surface area contributed by atoms with Crippen LogP contribution in [0.4, 0.5) is 0 Å². The van der Waals surface area contributed by atoms with Crippen LogP contribution in [0.1, 0.15) is 25.3 Å². The van der Waals surface area contributed by atoms with Gasteiger partial charge in [0.15, 0.2) is 11.5 Å². The van der Waals surface area contributed by atoms with Crippen LogP contribution in [-0.2, 0) is 6.54 Å². The normalized spacial score (nSPS) is 18.9. The fourth-order valence-corrected chi connectivity index (χ4v) is 2.46. The predicted octanol–water partition coefficient (Wildman–Crippen LogP) is 1.99. The van der Waals surface area contributed by atoms with Gasteiger partial charge in [-0.3, -0.25) is 4.90 Å². The monoisotopic (exact) mass is 262 g/mol. The van der Waals surface area contributed by atoms with Gasteiger partial charge in [0.25, 0.3) is 0 Å². The van der Waals surface area contributed by atoms with Gasteiger partial charge in [-0.15, -0.1) is 0 Å². The molecule has 19 heavy (non-hydrogen) atoms. The molecule has 0 saturated heterocycles. The number of likely N-dealkylation sites (N-methyl/N-ethyl adjacent to an activating group) is 1. The van der Waals surface area contributed by atoms with Gasteiger partial charge in [-0.2, -0.15) is 0 Å². The summed E-state index contributed by atoms with van der Waals surface area (Å²) >= 11 is 0. The highest BCUT2D eigenvalue weighted by Gasteiger charge is 2.28. The second-order valence-electron chi connectivity index (χ2n) is 5.56. The number of fused-ring (bicyclic) bond motifs is 1. The van der Waals surface area contributed by atoms with Crippen molar-refractivity contribution in [3.63, 3.8) is 0 Å². The molecule has 1 fully saturated rings. The van der Waals surface area contributed by atoms with E-state index >= 15 is 0 Å². The Kier molecular flexibility index (Phi) is 3.62. The minimum Gasteiger partial charge on any atom is -0.454 e. The fraction of sp³-hybridized carbons (Fsp3) is 0.600. The molecule has 1 unspecified atom stereocenters. The maximum Gasteiger partial charge on any atom is 0.231 e. The largest absolute Gasteiger partial charge is 0.454 e. The summed E-state index contributed by atoms with van der Waals surface area (Å²) in [7, 11) is 2.23. The van der Waals surface area contributed by atoms with E-state index in [-0.39, 0.29) is 0 Å². The van der Waals surface area contributed by atoms with Crippen LogP contribution in [0.5, 0.6) is 11.5 Å². The van der Waals surface area contributed by atoms with Crippen LogP contribution in [0, 0.1) is 0 Å². The smallest absolute Gasteiger partial charge is 0.231 e. The second kappa shape index (κ2) is 5.39. The van der Waals surface area contributed by atoms with Crippen LogP contribution in [0.3, 0.4) is 0 Å². The van der Waals surface area contributed by atoms with Gasteiger partial charge in [0.2, 0.25) is 6.79 Å². The standard InChI is InChI=1S/C15H22N2O2/c1-11(17(2)13-4-5-13)8-16-9-12-3-6-14-15(7-12)19-10-18-14/h3,6-7,11,13,16H,4-5,8-10H2,1-2H3. The minimum absolute atomic E-state index is 0.343. The Morgan fingerprint density at radius 3 is 2.89 bits per heavy atom. The first kappa shape index (κ1) is 12.8. The summed E-state index contributed by atoms with van der Waals surface area (Å²) in [5.74, 6) is 1.72. The van der Waals surface area contributed by atoms with Crippen molar-refractivity contribution >= 4 is 0 Å². The van der Waals surface area contributed by atoms with E-state index in [1.165, 1.54) is 18.4 Å². The minimum atomic E-state index is 0.343. The van der Waals surface area contributed by atoms with Crippen molar-refractivity contribution < 1.29 is 9.47 Å². The quantitative estimate of drug-likeness (QED) is 0.850. The molecular formula is C15H22N2O2. The van der Waals surface area contributed by atoms with Crippen LogP contribution in [0.25, 0.3) is 0 Å². The van der Waals surface area contributed by atoms with Crippen molar-refractivity contribution in [1.29, 1.82) is 0 Å². The molecule has 1 aliphatic heterocycles. The van der Waals surface area contributed by atoms with E-state index in [0.29, 0.717) is 12.8 Å². The zero-order valence-electron chi connectivity index (χ0n) is 11.7. The Balaban J connectivity index is 1.46. The van der Waals surface area contributed by atoms with E-state index in [1.807, 2.05) is 6.07 Å². The van der Waals surface area contributed by atoms with E-state index in [1.54, 1.807) is 0 Å². The third-order valence-electron chi connectivity index (χ3n) is 4.02. The topological polar surface area (TPSA) is 33.7 Å². The van der Waals surface area contributed by atoms with Gasteiger partial charge in [-0.25, -0.2) is 0 Å². The Morgan fingerprint density at radius 2 is 2.11 bits per heavy atom. The molecule has 1 N–H and O–H groups in total. The van der Waals surface area contributed by atoms with Crippen molar-refractivity contribution in [1.82, 2.24) is 10.2 Å². The van der Waals surface area contributed by atoms with Crippen LogP contribution >= 0.6 is 0 Å². The van der Waals surface area contributed by atoms with Crippen molar-refractivity contribution in [2.24, 2.45) is 0 Å². The number of hydrogen-bond acceptors (Lipinski definition) is 4.